The Labute approximate surface area is 77.9 Å². The highest BCUT2D eigenvalue weighted by atomic mass is 16.1. The van der Waals surface area contributed by atoms with Crippen LogP contribution in [0.15, 0.2) is 18.2 Å². The molecule has 70 valence electrons. The van der Waals surface area contributed by atoms with Crippen molar-refractivity contribution in [2.75, 3.05) is 5.32 Å². The van der Waals surface area contributed by atoms with Crippen LogP contribution < -0.4 is 11.1 Å². The van der Waals surface area contributed by atoms with Gasteiger partial charge in [0, 0.05) is 19.2 Å². The van der Waals surface area contributed by atoms with Crippen molar-refractivity contribution >= 4 is 11.6 Å². The van der Waals surface area contributed by atoms with E-state index in [4.69, 9.17) is 5.73 Å². The first-order chi connectivity index (χ1) is 6.13. The van der Waals surface area contributed by atoms with Crippen molar-refractivity contribution in [2.24, 2.45) is 5.73 Å². The van der Waals surface area contributed by atoms with E-state index in [0.717, 1.165) is 16.8 Å². The second-order valence-electron chi connectivity index (χ2n) is 3.03. The fraction of sp³-hybridized carbons (Fsp3) is 0.300. The maximum Gasteiger partial charge on any atom is 0.221 e. The lowest BCUT2D eigenvalue weighted by Crippen LogP contribution is -2.07. The van der Waals surface area contributed by atoms with E-state index in [9.17, 15) is 4.79 Å². The van der Waals surface area contributed by atoms with Gasteiger partial charge in [0.1, 0.15) is 0 Å². The van der Waals surface area contributed by atoms with Gasteiger partial charge >= 0.3 is 0 Å². The molecule has 0 aliphatic carbocycles. The van der Waals surface area contributed by atoms with Crippen LogP contribution in [0.25, 0.3) is 0 Å². The number of carbonyl (C=O) groups excluding carboxylic acids is 1. The lowest BCUT2D eigenvalue weighted by atomic mass is 10.1. The number of amides is 1. The second kappa shape index (κ2) is 4.05. The first-order valence-corrected chi connectivity index (χ1v) is 4.20. The zero-order chi connectivity index (χ0) is 9.84. The summed E-state index contributed by atoms with van der Waals surface area (Å²) >= 11 is 0. The van der Waals surface area contributed by atoms with Gasteiger partial charge in [-0.2, -0.15) is 0 Å². The molecule has 3 N–H and O–H groups in total. The molecule has 0 bridgehead atoms. The number of hydrogen-bond acceptors (Lipinski definition) is 2. The van der Waals surface area contributed by atoms with Crippen LogP contribution in [0.3, 0.4) is 0 Å². The van der Waals surface area contributed by atoms with Crippen molar-refractivity contribution in [1.82, 2.24) is 0 Å². The van der Waals surface area contributed by atoms with Gasteiger partial charge in [0.05, 0.1) is 0 Å². The van der Waals surface area contributed by atoms with Crippen molar-refractivity contribution < 1.29 is 4.79 Å². The second-order valence-corrected chi connectivity index (χ2v) is 3.03. The highest BCUT2D eigenvalue weighted by Crippen LogP contribution is 2.15. The number of aryl methyl sites for hydroxylation is 1. The van der Waals surface area contributed by atoms with E-state index >= 15 is 0 Å². The van der Waals surface area contributed by atoms with Gasteiger partial charge in [-0.1, -0.05) is 12.1 Å². The predicted octanol–water partition coefficient (Wildman–Crippen LogP) is 1.41. The van der Waals surface area contributed by atoms with E-state index < -0.39 is 0 Å². The van der Waals surface area contributed by atoms with Crippen LogP contribution in [0.2, 0.25) is 0 Å². The normalized spacial score (nSPS) is 9.77. The third kappa shape index (κ3) is 2.56. The maximum absolute atomic E-state index is 10.8. The molecule has 3 nitrogen and oxygen atoms in total. The molecule has 0 aromatic heterocycles. The first kappa shape index (κ1) is 9.74. The number of nitrogens with two attached hydrogens (primary N) is 1. The minimum atomic E-state index is -0.0522. The van der Waals surface area contributed by atoms with Crippen molar-refractivity contribution in [1.29, 1.82) is 0 Å². The third-order valence-corrected chi connectivity index (χ3v) is 1.84. The highest BCUT2D eigenvalue weighted by Gasteiger charge is 2.00. The van der Waals surface area contributed by atoms with E-state index in [0.29, 0.717) is 6.54 Å². The molecule has 1 rings (SSSR count). The van der Waals surface area contributed by atoms with Crippen molar-refractivity contribution in [2.45, 2.75) is 20.4 Å². The van der Waals surface area contributed by atoms with E-state index in [2.05, 4.69) is 5.32 Å². The number of rotatable bonds is 2. The molecule has 0 aliphatic rings. The number of hydrogen-bond donors (Lipinski definition) is 2. The highest BCUT2D eigenvalue weighted by molar-refractivity contribution is 5.89. The average molecular weight is 178 g/mol. The monoisotopic (exact) mass is 178 g/mol. The first-order valence-electron chi connectivity index (χ1n) is 4.20. The molecular weight excluding hydrogens is 164 g/mol. The number of benzene rings is 1. The number of anilines is 1. The standard InChI is InChI=1S/C10H14N2O/c1-7-5-9(6-11)3-4-10(7)12-8(2)13/h3-5H,6,11H2,1-2H3,(H,12,13). The summed E-state index contributed by atoms with van der Waals surface area (Å²) in [7, 11) is 0. The van der Waals surface area contributed by atoms with E-state index in [1.165, 1.54) is 6.92 Å². The van der Waals surface area contributed by atoms with Crippen molar-refractivity contribution in [3.8, 4) is 0 Å². The molecule has 0 radical (unpaired) electrons. The van der Waals surface area contributed by atoms with Crippen LogP contribution in [-0.4, -0.2) is 5.91 Å². The van der Waals surface area contributed by atoms with E-state index in [1.54, 1.807) is 0 Å². The summed E-state index contributed by atoms with van der Waals surface area (Å²) in [5, 5.41) is 2.74. The van der Waals surface area contributed by atoms with Gasteiger partial charge < -0.3 is 11.1 Å². The minimum absolute atomic E-state index is 0.0522. The maximum atomic E-state index is 10.8. The van der Waals surface area contributed by atoms with Crippen LogP contribution in [0.1, 0.15) is 18.1 Å². The molecule has 0 saturated carbocycles. The number of nitrogens with one attached hydrogen (secondary N) is 1. The fourth-order valence-electron chi connectivity index (χ4n) is 1.18. The largest absolute Gasteiger partial charge is 0.326 e. The van der Waals surface area contributed by atoms with Crippen LogP contribution in [0, 0.1) is 6.92 Å². The Morgan fingerprint density at radius 3 is 2.69 bits per heavy atom. The minimum Gasteiger partial charge on any atom is -0.326 e. The Kier molecular flexibility index (Phi) is 3.03. The van der Waals surface area contributed by atoms with Gasteiger partial charge in [-0.3, -0.25) is 4.79 Å². The Bertz CT molecular complexity index is 321. The summed E-state index contributed by atoms with van der Waals surface area (Å²) in [5.74, 6) is -0.0522. The molecule has 0 aliphatic heterocycles. The van der Waals surface area contributed by atoms with Gasteiger partial charge in [-0.25, -0.2) is 0 Å². The quantitative estimate of drug-likeness (QED) is 0.719. The van der Waals surface area contributed by atoms with E-state index in [1.807, 2.05) is 25.1 Å². The molecule has 13 heavy (non-hydrogen) atoms. The third-order valence-electron chi connectivity index (χ3n) is 1.84. The zero-order valence-electron chi connectivity index (χ0n) is 7.92. The smallest absolute Gasteiger partial charge is 0.221 e. The molecule has 0 heterocycles. The lowest BCUT2D eigenvalue weighted by Gasteiger charge is -2.07. The van der Waals surface area contributed by atoms with Gasteiger partial charge in [0.25, 0.3) is 0 Å². The van der Waals surface area contributed by atoms with Crippen molar-refractivity contribution in [3.05, 3.63) is 29.3 Å². The molecule has 1 aromatic carbocycles. The van der Waals surface area contributed by atoms with Crippen LogP contribution in [-0.2, 0) is 11.3 Å². The van der Waals surface area contributed by atoms with Crippen LogP contribution >= 0.6 is 0 Å². The van der Waals surface area contributed by atoms with Gasteiger partial charge in [-0.15, -0.1) is 0 Å². The Balaban J connectivity index is 2.91. The summed E-state index contributed by atoms with van der Waals surface area (Å²) in [6.45, 7) is 3.97. The topological polar surface area (TPSA) is 55.1 Å². The molecule has 0 fully saturated rings. The Hall–Kier alpha value is -1.35. The predicted molar refractivity (Wildman–Crippen MR) is 53.4 cm³/mol. The summed E-state index contributed by atoms with van der Waals surface area (Å²) in [6, 6.07) is 5.77. The van der Waals surface area contributed by atoms with Gasteiger partial charge in [0.15, 0.2) is 0 Å². The molecule has 3 heteroatoms. The Morgan fingerprint density at radius 2 is 2.23 bits per heavy atom. The fourth-order valence-corrected chi connectivity index (χ4v) is 1.18. The molecule has 1 amide bonds. The SMILES string of the molecule is CC(=O)Nc1ccc(CN)cc1C. The molecule has 0 unspecified atom stereocenters. The lowest BCUT2D eigenvalue weighted by molar-refractivity contribution is -0.114. The summed E-state index contributed by atoms with van der Waals surface area (Å²) < 4.78 is 0. The van der Waals surface area contributed by atoms with Crippen molar-refractivity contribution in [3.63, 3.8) is 0 Å². The summed E-state index contributed by atoms with van der Waals surface area (Å²) in [5.41, 5.74) is 8.45. The van der Waals surface area contributed by atoms with Gasteiger partial charge in [0.2, 0.25) is 5.91 Å². The molecule has 1 aromatic rings. The van der Waals surface area contributed by atoms with Crippen LogP contribution in [0.4, 0.5) is 5.69 Å². The Morgan fingerprint density at radius 1 is 1.54 bits per heavy atom. The molecular formula is C10H14N2O. The summed E-state index contributed by atoms with van der Waals surface area (Å²) in [6.07, 6.45) is 0. The summed E-state index contributed by atoms with van der Waals surface area (Å²) in [4.78, 5) is 10.8. The molecule has 0 atom stereocenters. The molecule has 0 spiro atoms. The molecule has 0 saturated heterocycles. The van der Waals surface area contributed by atoms with Gasteiger partial charge in [-0.05, 0) is 24.1 Å². The van der Waals surface area contributed by atoms with E-state index in [-0.39, 0.29) is 5.91 Å². The average Bonchev–Trinajstić information content (AvgIpc) is 2.08. The van der Waals surface area contributed by atoms with Crippen LogP contribution in [0.5, 0.6) is 0 Å². The number of carbonyl (C=O) groups is 1. The zero-order valence-corrected chi connectivity index (χ0v) is 7.92.